The van der Waals surface area contributed by atoms with Gasteiger partial charge in [-0.15, -0.1) is 0 Å². The van der Waals surface area contributed by atoms with Gasteiger partial charge in [0.1, 0.15) is 0 Å². The van der Waals surface area contributed by atoms with Crippen LogP contribution in [-0.2, 0) is 0 Å². The Morgan fingerprint density at radius 3 is 0.986 bits per heavy atom. The van der Waals surface area contributed by atoms with E-state index in [9.17, 15) is 0 Å². The summed E-state index contributed by atoms with van der Waals surface area (Å²) in [5.41, 5.74) is 0. The van der Waals surface area contributed by atoms with Gasteiger partial charge < -0.3 is 0 Å². The maximum Gasteiger partial charge on any atom is 0.0300 e. The van der Waals surface area contributed by atoms with E-state index in [1.165, 1.54) is 161 Å². The van der Waals surface area contributed by atoms with Gasteiger partial charge in [-0.1, -0.05) is 232 Å². The molecule has 0 aromatic heterocycles. The third-order valence-corrected chi connectivity index (χ3v) is 19.5. The summed E-state index contributed by atoms with van der Waals surface area (Å²) >= 11 is 0. The van der Waals surface area contributed by atoms with Crippen LogP contribution in [0.4, 0.5) is 0 Å². The molecular weight excluding hydrogens is 829 g/mol. The second-order valence-corrected chi connectivity index (χ2v) is 23.6. The van der Waals surface area contributed by atoms with Crippen molar-refractivity contribution < 1.29 is 41.1 Å². The lowest BCUT2D eigenvalue weighted by atomic mass is 9.47. The van der Waals surface area contributed by atoms with Crippen molar-refractivity contribution in [1.82, 2.24) is 0 Å². The molecule has 0 aromatic rings. The van der Waals surface area contributed by atoms with E-state index >= 15 is 0 Å². The zero-order chi connectivity index (χ0) is 76.5. The predicted octanol–water partition coefficient (Wildman–Crippen LogP) is 23.7. The van der Waals surface area contributed by atoms with Gasteiger partial charge in [-0.3, -0.25) is 0 Å². The summed E-state index contributed by atoms with van der Waals surface area (Å²) in [6.07, 6.45) is 27.8. The first kappa shape index (κ1) is 31.3. The molecule has 410 valence electrons. The Morgan fingerprint density at radius 1 is 0.377 bits per heavy atom. The van der Waals surface area contributed by atoms with Gasteiger partial charge in [-0.05, 0) is 209 Å². The van der Waals surface area contributed by atoms with Gasteiger partial charge in [-0.25, -0.2) is 0 Å². The second-order valence-electron chi connectivity index (χ2n) is 23.6. The largest absolute Gasteiger partial charge is 0.0656 e. The van der Waals surface area contributed by atoms with Gasteiger partial charge in [-0.2, -0.15) is 0 Å². The molecule has 0 N–H and O–H groups in total. The highest BCUT2D eigenvalue weighted by Gasteiger charge is 2.50. The summed E-state index contributed by atoms with van der Waals surface area (Å²) in [6.45, 7) is 2.29. The topological polar surface area (TPSA) is 0 Å². The molecule has 15 rings (SSSR count). The van der Waals surface area contributed by atoms with Crippen LogP contribution in [0.15, 0.2) is 0 Å². The molecule has 15 aliphatic carbocycles. The fourth-order valence-electron chi connectivity index (χ4n) is 15.0. The Balaban J connectivity index is 0.000000288. The van der Waals surface area contributed by atoms with Crippen LogP contribution in [0.5, 0.6) is 0 Å². The first-order chi connectivity index (χ1) is 44.8. The van der Waals surface area contributed by atoms with Crippen LogP contribution in [-0.4, -0.2) is 0 Å². The third-order valence-electron chi connectivity index (χ3n) is 19.5. The van der Waals surface area contributed by atoms with Crippen molar-refractivity contribution in [3.8, 4) is 0 Å². The van der Waals surface area contributed by atoms with E-state index in [4.69, 9.17) is 41.1 Å². The summed E-state index contributed by atoms with van der Waals surface area (Å²) in [5.74, 6) is 9.77. The molecule has 0 saturated heterocycles. The summed E-state index contributed by atoms with van der Waals surface area (Å²) in [4.78, 5) is 0. The molecule has 15 aliphatic rings. The fraction of sp³-hybridized carbons (Fsp3) is 1.00. The minimum absolute atomic E-state index is 0.185. The van der Waals surface area contributed by atoms with Crippen LogP contribution in [0.1, 0.15) is 369 Å². The molecule has 0 spiro atoms. The van der Waals surface area contributed by atoms with Crippen molar-refractivity contribution in [3.63, 3.8) is 0 Å². The van der Waals surface area contributed by atoms with Crippen LogP contribution in [0.3, 0.4) is 0 Å². The fourth-order valence-corrected chi connectivity index (χ4v) is 15.0. The lowest BCUT2D eigenvalue weighted by molar-refractivity contribution is -0.0819. The molecule has 69 heavy (non-hydrogen) atoms. The Kier molecular flexibility index (Phi) is 16.3. The molecule has 0 amide bonds. The lowest BCUT2D eigenvalue weighted by Crippen LogP contribution is -2.49. The Bertz CT molecular complexity index is 2140. The Labute approximate surface area is 481 Å². The summed E-state index contributed by atoms with van der Waals surface area (Å²) in [6, 6.07) is 0. The zero-order valence-corrected chi connectivity index (χ0v) is 46.5. The van der Waals surface area contributed by atoms with Crippen molar-refractivity contribution in [2.75, 3.05) is 0 Å². The monoisotopic (exact) mass is 993 g/mol. The number of hydrogen-bond acceptors (Lipinski definition) is 0. The maximum atomic E-state index is 7.68. The van der Waals surface area contributed by atoms with Crippen LogP contribution in [0.2, 0.25) is 0 Å². The molecule has 10 bridgehead atoms. The summed E-state index contributed by atoms with van der Waals surface area (Å²) < 4.78 is 212. The average Bonchev–Trinajstić information content (AvgIpc) is 1.68. The first-order valence-electron chi connectivity index (χ1n) is 44.8. The van der Waals surface area contributed by atoms with Crippen molar-refractivity contribution in [1.29, 1.82) is 0 Å². The van der Waals surface area contributed by atoms with Crippen molar-refractivity contribution in [2.45, 2.75) is 328 Å². The SMILES string of the molecule is [2H]C(C)C1C2CC1C2.[2H]C(C)C1C2CCC1C2.[2H]C(C)C1C2CCC1CC2.[2H]C(C)C1CC2CC1C2.[2H]C(C)C1CC2CCC1C2.[2H]C(C)C1CCCC1.[2H]C(C)C1CCCCC1.[2H]C([2H])([2H])C([2H])(C)C([2H])([2H])[2H].[2H]C([2H])([2H])C([2H])([2H])C.[2H]C([2H])([2H])C([2H])([2H])C([2H])(C)C([2H])([2H])C([2H])([2H])[2H]. The van der Waals surface area contributed by atoms with Gasteiger partial charge in [0.2, 0.25) is 0 Å². The van der Waals surface area contributed by atoms with Crippen LogP contribution < -0.4 is 0 Å². The standard InChI is InChI=1S/2C9H16.2C8H14.C8H16.C7H12.C7H14.C6H14.C4H10.C3H8/c1-2-8-5-7-3-4-9(8)6-7;1-2-9-7-3-4-8(9)6-5-7;1-2-7-3-6-4-8(7)5-6;1-2-8-6-3-4-7(8)5-6;1-2-8-6-4-3-5-7-8;1-2-7-5-3-6(7)4-5;1-2-7-5-3-4-6-7;1-4-6(3)5-2;1-4(2)3;1-3-2/h2*7-9H,2-6H2,1H3;2*6-8H,2-5H2,1H3;8H,2-7H2,1H3;5-7H,2-4H2,1H3;7H,2-6H2,1H3;6H,4-5H2,1-3H3;4H,1-3H3;3H2,1-2H3/i7*2D;1D3,2D3,4D2,5D2,6D;1D3,2D3,4D;1D3,3D2. The van der Waals surface area contributed by atoms with E-state index in [1.54, 1.807) is 0 Å². The molecule has 13 atom stereocenters. The molecule has 0 radical (unpaired) electrons. The van der Waals surface area contributed by atoms with Gasteiger partial charge >= 0.3 is 0 Å². The molecule has 0 heteroatoms. The number of hydrogen-bond donors (Lipinski definition) is 0. The number of fused-ring (bicyclic) bond motifs is 6. The average molecular weight is 994 g/mol. The highest BCUT2D eigenvalue weighted by atomic mass is 14.6. The van der Waals surface area contributed by atoms with E-state index in [1.807, 2.05) is 27.7 Å². The molecular formula is C69H134. The van der Waals surface area contributed by atoms with E-state index in [0.717, 1.165) is 114 Å². The van der Waals surface area contributed by atoms with E-state index < -0.39 is 65.2 Å². The quantitative estimate of drug-likeness (QED) is 0.216. The minimum Gasteiger partial charge on any atom is -0.0656 e. The zero-order valence-electron chi connectivity index (χ0n) is 76.5. The van der Waals surface area contributed by atoms with Gasteiger partial charge in [0.25, 0.3) is 0 Å². The molecule has 13 unspecified atom stereocenters. The highest BCUT2D eigenvalue weighted by Crippen LogP contribution is 2.60. The lowest BCUT2D eigenvalue weighted by Gasteiger charge is -2.58. The molecule has 0 heterocycles. The van der Waals surface area contributed by atoms with Crippen molar-refractivity contribution in [3.05, 3.63) is 0 Å². The Morgan fingerprint density at radius 2 is 0.768 bits per heavy atom. The normalized spacial score (nSPS) is 48.3. The number of rotatable bonds is 9. The highest BCUT2D eigenvalue weighted by molar-refractivity contribution is 5.00. The van der Waals surface area contributed by atoms with Crippen molar-refractivity contribution in [2.24, 2.45) is 112 Å². The maximum absolute atomic E-state index is 7.68. The molecule has 0 nitrogen and oxygen atoms in total. The summed E-state index contributed by atoms with van der Waals surface area (Å²) in [5, 5.41) is 0. The smallest absolute Gasteiger partial charge is 0.0300 e. The Hall–Kier alpha value is 0. The van der Waals surface area contributed by atoms with Crippen LogP contribution in [0, 0.1) is 112 Å². The van der Waals surface area contributed by atoms with Gasteiger partial charge in [0.15, 0.2) is 0 Å². The van der Waals surface area contributed by atoms with Gasteiger partial charge in [0, 0.05) is 41.1 Å². The molecule has 15 fully saturated rings. The van der Waals surface area contributed by atoms with E-state index in [2.05, 4.69) is 20.8 Å². The predicted molar refractivity (Wildman–Crippen MR) is 313 cm³/mol. The second kappa shape index (κ2) is 36.1. The van der Waals surface area contributed by atoms with Crippen LogP contribution in [0.25, 0.3) is 0 Å². The first-order valence-corrected chi connectivity index (χ1v) is 29.2. The molecule has 0 aromatic carbocycles. The van der Waals surface area contributed by atoms with Crippen LogP contribution >= 0.6 is 0 Å². The molecule has 15 saturated carbocycles. The van der Waals surface area contributed by atoms with E-state index in [0.29, 0.717) is 6.92 Å². The van der Waals surface area contributed by atoms with Crippen molar-refractivity contribution >= 4 is 0 Å². The minimum atomic E-state index is -3.29. The van der Waals surface area contributed by atoms with Gasteiger partial charge in [0.05, 0.1) is 0 Å². The third kappa shape index (κ3) is 21.6. The van der Waals surface area contributed by atoms with E-state index in [-0.39, 0.29) is 44.8 Å². The summed E-state index contributed by atoms with van der Waals surface area (Å²) in [7, 11) is 0. The molecule has 0 aliphatic heterocycles.